The molecule has 0 spiro atoms. The highest BCUT2D eigenvalue weighted by atomic mass is 16.5. The molecule has 0 atom stereocenters. The maximum Gasteiger partial charge on any atom is 0.417 e. The molecular weight excluding hydrogens is 236 g/mol. The number of benzene rings is 1. The van der Waals surface area contributed by atoms with Crippen LogP contribution in [0.25, 0.3) is 11.1 Å². The van der Waals surface area contributed by atoms with Crippen molar-refractivity contribution >= 4 is 16.8 Å². The highest BCUT2D eigenvalue weighted by Gasteiger charge is 2.07. The first kappa shape index (κ1) is 12.5. The van der Waals surface area contributed by atoms with Gasteiger partial charge in [0, 0.05) is 18.7 Å². The van der Waals surface area contributed by atoms with Gasteiger partial charge in [-0.3, -0.25) is 4.98 Å². The third kappa shape index (κ3) is 2.84. The summed E-state index contributed by atoms with van der Waals surface area (Å²) in [5.41, 5.74) is 7.22. The summed E-state index contributed by atoms with van der Waals surface area (Å²) in [5.74, 6) is 0.00692. The lowest BCUT2D eigenvalue weighted by atomic mass is 10.2. The summed E-state index contributed by atoms with van der Waals surface area (Å²) in [4.78, 5) is 13.6. The maximum atomic E-state index is 11.0. The molecule has 0 aliphatic heterocycles. The Balaban J connectivity index is 2.03. The number of H-pyrrole nitrogens is 1. The van der Waals surface area contributed by atoms with Crippen LogP contribution < -0.4 is 16.2 Å². The van der Waals surface area contributed by atoms with E-state index in [1.807, 2.05) is 6.92 Å². The molecule has 0 radical (unpaired) electrons. The number of aromatic amines is 1. The molecule has 0 bridgehead atoms. The third-order valence-corrected chi connectivity index (χ3v) is 2.39. The number of nitrogens with two attached hydrogens (primary N) is 1. The van der Waals surface area contributed by atoms with Gasteiger partial charge in [0.25, 0.3) is 0 Å². The summed E-state index contributed by atoms with van der Waals surface area (Å²) in [7, 11) is 0. The molecule has 1 heterocycles. The van der Waals surface area contributed by atoms with Crippen LogP contribution in [0.2, 0.25) is 0 Å². The van der Waals surface area contributed by atoms with Gasteiger partial charge in [0.1, 0.15) is 12.4 Å². The first-order valence-electron chi connectivity index (χ1n) is 5.83. The van der Waals surface area contributed by atoms with Gasteiger partial charge in [-0.05, 0) is 6.42 Å². The summed E-state index contributed by atoms with van der Waals surface area (Å²) < 4.78 is 15.7. The number of anilines is 1. The first-order valence-corrected chi connectivity index (χ1v) is 5.83. The summed E-state index contributed by atoms with van der Waals surface area (Å²) in [6.07, 6.45) is 0.977. The zero-order valence-electron chi connectivity index (χ0n) is 10.2. The van der Waals surface area contributed by atoms with Crippen LogP contribution in [-0.4, -0.2) is 24.8 Å². The monoisotopic (exact) mass is 252 g/mol. The molecule has 98 valence electrons. The Hall–Kier alpha value is -1.95. The van der Waals surface area contributed by atoms with Crippen molar-refractivity contribution in [3.63, 3.8) is 0 Å². The van der Waals surface area contributed by atoms with Gasteiger partial charge < -0.3 is 19.6 Å². The zero-order valence-corrected chi connectivity index (χ0v) is 10.2. The van der Waals surface area contributed by atoms with Gasteiger partial charge in [-0.25, -0.2) is 4.79 Å². The van der Waals surface area contributed by atoms with Gasteiger partial charge in [0.2, 0.25) is 0 Å². The average molecular weight is 252 g/mol. The molecule has 0 unspecified atom stereocenters. The number of oxazole rings is 1. The smallest absolute Gasteiger partial charge is 0.417 e. The van der Waals surface area contributed by atoms with Crippen LogP contribution in [0.1, 0.15) is 13.3 Å². The van der Waals surface area contributed by atoms with Crippen molar-refractivity contribution in [3.05, 3.63) is 22.7 Å². The van der Waals surface area contributed by atoms with Crippen molar-refractivity contribution in [3.8, 4) is 5.75 Å². The van der Waals surface area contributed by atoms with Crippen molar-refractivity contribution in [2.45, 2.75) is 13.3 Å². The van der Waals surface area contributed by atoms with Crippen LogP contribution in [0.5, 0.6) is 5.75 Å². The standard InChI is InChI=1S/C12H16N2O4/c1-2-3-16-4-5-17-10-7-9-11(6-8(10)13)18-12(15)14-9/h6-7H,2-5,13H2,1H3,(H,14,15). The maximum absolute atomic E-state index is 11.0. The van der Waals surface area contributed by atoms with E-state index < -0.39 is 5.76 Å². The Kier molecular flexibility index (Phi) is 3.88. The molecule has 3 N–H and O–H groups in total. The second kappa shape index (κ2) is 5.59. The highest BCUT2D eigenvalue weighted by molar-refractivity contribution is 5.80. The molecule has 1 aromatic carbocycles. The van der Waals surface area contributed by atoms with Gasteiger partial charge in [-0.15, -0.1) is 0 Å². The van der Waals surface area contributed by atoms with Crippen molar-refractivity contribution in [1.82, 2.24) is 4.98 Å². The number of rotatable bonds is 6. The molecule has 0 aliphatic carbocycles. The minimum atomic E-state index is -0.507. The first-order chi connectivity index (χ1) is 8.70. The van der Waals surface area contributed by atoms with Gasteiger partial charge in [-0.2, -0.15) is 0 Å². The van der Waals surface area contributed by atoms with E-state index in [2.05, 4.69) is 4.98 Å². The molecule has 0 aliphatic rings. The lowest BCUT2D eigenvalue weighted by Gasteiger charge is -2.08. The molecule has 1 aromatic heterocycles. The SMILES string of the molecule is CCCOCCOc1cc2[nH]c(=O)oc2cc1N. The fourth-order valence-corrected chi connectivity index (χ4v) is 1.58. The van der Waals surface area contributed by atoms with Crippen LogP contribution in [0.4, 0.5) is 5.69 Å². The number of hydrogen-bond donors (Lipinski definition) is 2. The zero-order chi connectivity index (χ0) is 13.0. The molecular formula is C12H16N2O4. The number of nitrogen functional groups attached to an aromatic ring is 1. The molecule has 0 fully saturated rings. The number of fused-ring (bicyclic) bond motifs is 1. The molecule has 0 amide bonds. The highest BCUT2D eigenvalue weighted by Crippen LogP contribution is 2.26. The Labute approximate surface area is 104 Å². The summed E-state index contributed by atoms with van der Waals surface area (Å²) >= 11 is 0. The number of nitrogens with one attached hydrogen (secondary N) is 1. The molecule has 18 heavy (non-hydrogen) atoms. The summed E-state index contributed by atoms with van der Waals surface area (Å²) in [6, 6.07) is 3.21. The van der Waals surface area contributed by atoms with Crippen molar-refractivity contribution in [2.24, 2.45) is 0 Å². The fourth-order valence-electron chi connectivity index (χ4n) is 1.58. The quantitative estimate of drug-likeness (QED) is 0.600. The lowest BCUT2D eigenvalue weighted by molar-refractivity contribution is 0.101. The Morgan fingerprint density at radius 2 is 2.17 bits per heavy atom. The fraction of sp³-hybridized carbons (Fsp3) is 0.417. The van der Waals surface area contributed by atoms with E-state index in [1.165, 1.54) is 0 Å². The summed E-state index contributed by atoms with van der Waals surface area (Å²) in [5, 5.41) is 0. The lowest BCUT2D eigenvalue weighted by Crippen LogP contribution is -2.08. The van der Waals surface area contributed by atoms with Gasteiger partial charge in [0.05, 0.1) is 17.8 Å². The molecule has 6 nitrogen and oxygen atoms in total. The molecule has 0 saturated carbocycles. The topological polar surface area (TPSA) is 90.5 Å². The average Bonchev–Trinajstić information content (AvgIpc) is 2.68. The Bertz CT molecular complexity index is 573. The van der Waals surface area contributed by atoms with E-state index in [4.69, 9.17) is 19.6 Å². The number of aromatic nitrogens is 1. The van der Waals surface area contributed by atoms with Gasteiger partial charge in [-0.1, -0.05) is 6.92 Å². The number of hydrogen-bond acceptors (Lipinski definition) is 5. The minimum Gasteiger partial charge on any atom is -0.489 e. The van der Waals surface area contributed by atoms with Gasteiger partial charge >= 0.3 is 5.76 Å². The molecule has 2 rings (SSSR count). The Morgan fingerprint density at radius 1 is 1.33 bits per heavy atom. The van der Waals surface area contributed by atoms with E-state index in [-0.39, 0.29) is 0 Å². The van der Waals surface area contributed by atoms with Crippen LogP contribution in [0.3, 0.4) is 0 Å². The largest absolute Gasteiger partial charge is 0.489 e. The van der Waals surface area contributed by atoms with E-state index in [1.54, 1.807) is 12.1 Å². The normalized spacial score (nSPS) is 10.9. The summed E-state index contributed by atoms with van der Waals surface area (Å²) in [6.45, 7) is 3.68. The van der Waals surface area contributed by atoms with Crippen molar-refractivity contribution < 1.29 is 13.9 Å². The third-order valence-electron chi connectivity index (χ3n) is 2.39. The Morgan fingerprint density at radius 3 is 2.94 bits per heavy atom. The van der Waals surface area contributed by atoms with Crippen LogP contribution in [0, 0.1) is 0 Å². The molecule has 0 saturated heterocycles. The van der Waals surface area contributed by atoms with Crippen LogP contribution in [-0.2, 0) is 4.74 Å². The minimum absolute atomic E-state index is 0.414. The molecule has 2 aromatic rings. The van der Waals surface area contributed by atoms with E-state index in [0.717, 1.165) is 6.42 Å². The molecule has 6 heteroatoms. The second-order valence-electron chi connectivity index (χ2n) is 3.86. The van der Waals surface area contributed by atoms with E-state index >= 15 is 0 Å². The predicted octanol–water partition coefficient (Wildman–Crippen LogP) is 1.51. The van der Waals surface area contributed by atoms with Gasteiger partial charge in [0.15, 0.2) is 5.58 Å². The van der Waals surface area contributed by atoms with Crippen LogP contribution in [0.15, 0.2) is 21.3 Å². The van der Waals surface area contributed by atoms with E-state index in [9.17, 15) is 4.79 Å². The second-order valence-corrected chi connectivity index (χ2v) is 3.86. The van der Waals surface area contributed by atoms with E-state index in [0.29, 0.717) is 42.4 Å². The van der Waals surface area contributed by atoms with Crippen LogP contribution >= 0.6 is 0 Å². The van der Waals surface area contributed by atoms with Crippen molar-refractivity contribution in [2.75, 3.05) is 25.6 Å². The number of ether oxygens (including phenoxy) is 2. The predicted molar refractivity (Wildman–Crippen MR) is 67.9 cm³/mol. The van der Waals surface area contributed by atoms with Crippen molar-refractivity contribution in [1.29, 1.82) is 0 Å².